The molecule has 1 aliphatic rings. The van der Waals surface area contributed by atoms with E-state index in [4.69, 9.17) is 11.6 Å². The second kappa shape index (κ2) is 5.99. The molecular formula is C20H19ClN2O. The van der Waals surface area contributed by atoms with Crippen LogP contribution in [0.4, 0.5) is 0 Å². The van der Waals surface area contributed by atoms with Crippen LogP contribution in [0, 0.1) is 0 Å². The topological polar surface area (TPSA) is 44.9 Å². The van der Waals surface area contributed by atoms with E-state index < -0.39 is 0 Å². The number of aromatic nitrogens is 1. The van der Waals surface area contributed by atoms with E-state index in [2.05, 4.69) is 22.4 Å². The average Bonchev–Trinajstić information content (AvgIpc) is 3.23. The van der Waals surface area contributed by atoms with Crippen LogP contribution in [0.15, 0.2) is 54.6 Å². The van der Waals surface area contributed by atoms with Crippen molar-refractivity contribution in [2.75, 3.05) is 0 Å². The predicted molar refractivity (Wildman–Crippen MR) is 97.4 cm³/mol. The van der Waals surface area contributed by atoms with Gasteiger partial charge in [-0.05, 0) is 42.7 Å². The van der Waals surface area contributed by atoms with E-state index in [9.17, 15) is 4.79 Å². The lowest BCUT2D eigenvalue weighted by Gasteiger charge is -2.31. The number of benzene rings is 2. The fourth-order valence-electron chi connectivity index (χ4n) is 3.73. The van der Waals surface area contributed by atoms with Crippen LogP contribution < -0.4 is 5.32 Å². The predicted octanol–water partition coefficient (Wildman–Crippen LogP) is 5.02. The third-order valence-electron chi connectivity index (χ3n) is 4.96. The summed E-state index contributed by atoms with van der Waals surface area (Å²) in [5.74, 6) is -0.0620. The SMILES string of the molecule is O=C(NC1(c2ccccc2)CCCC1)c1cc2cc(Cl)ccc2[nH]1. The Morgan fingerprint density at radius 2 is 1.79 bits per heavy atom. The standard InChI is InChI=1S/C20H19ClN2O/c21-16-8-9-17-14(12-16)13-18(22-17)19(24)23-20(10-4-5-11-20)15-6-2-1-3-7-15/h1-3,6-9,12-13,22H,4-5,10-11H2,(H,23,24). The maximum Gasteiger partial charge on any atom is 0.268 e. The van der Waals surface area contributed by atoms with Crippen LogP contribution >= 0.6 is 11.6 Å². The number of hydrogen-bond donors (Lipinski definition) is 2. The molecule has 4 rings (SSSR count). The van der Waals surface area contributed by atoms with Crippen LogP contribution in [-0.4, -0.2) is 10.9 Å². The van der Waals surface area contributed by atoms with Crippen molar-refractivity contribution in [2.45, 2.75) is 31.2 Å². The minimum absolute atomic E-state index is 0.0620. The van der Waals surface area contributed by atoms with E-state index in [1.54, 1.807) is 0 Å². The molecule has 0 bridgehead atoms. The summed E-state index contributed by atoms with van der Waals surface area (Å²) < 4.78 is 0. The number of nitrogens with one attached hydrogen (secondary N) is 2. The lowest BCUT2D eigenvalue weighted by atomic mass is 9.88. The molecule has 4 heteroatoms. The van der Waals surface area contributed by atoms with Crippen molar-refractivity contribution in [3.63, 3.8) is 0 Å². The van der Waals surface area contributed by atoms with Crippen LogP contribution in [0.3, 0.4) is 0 Å². The van der Waals surface area contributed by atoms with Crippen molar-refractivity contribution in [1.82, 2.24) is 10.3 Å². The summed E-state index contributed by atoms with van der Waals surface area (Å²) in [4.78, 5) is 16.1. The average molecular weight is 339 g/mol. The number of amides is 1. The molecule has 1 heterocycles. The first-order chi connectivity index (χ1) is 11.7. The van der Waals surface area contributed by atoms with E-state index >= 15 is 0 Å². The molecule has 1 fully saturated rings. The van der Waals surface area contributed by atoms with E-state index in [-0.39, 0.29) is 11.4 Å². The smallest absolute Gasteiger partial charge is 0.268 e. The number of hydrogen-bond acceptors (Lipinski definition) is 1. The molecule has 24 heavy (non-hydrogen) atoms. The van der Waals surface area contributed by atoms with Crippen molar-refractivity contribution in [1.29, 1.82) is 0 Å². The minimum Gasteiger partial charge on any atom is -0.351 e. The third-order valence-corrected chi connectivity index (χ3v) is 5.20. The molecule has 0 saturated heterocycles. The highest BCUT2D eigenvalue weighted by Crippen LogP contribution is 2.39. The van der Waals surface area contributed by atoms with Gasteiger partial charge in [0.25, 0.3) is 5.91 Å². The van der Waals surface area contributed by atoms with Crippen molar-refractivity contribution < 1.29 is 4.79 Å². The lowest BCUT2D eigenvalue weighted by molar-refractivity contribution is 0.0894. The Balaban J connectivity index is 1.65. The summed E-state index contributed by atoms with van der Waals surface area (Å²) in [5.41, 5.74) is 2.43. The van der Waals surface area contributed by atoms with Gasteiger partial charge >= 0.3 is 0 Å². The molecule has 1 saturated carbocycles. The number of rotatable bonds is 3. The number of H-pyrrole nitrogens is 1. The first-order valence-corrected chi connectivity index (χ1v) is 8.70. The molecular weight excluding hydrogens is 320 g/mol. The highest BCUT2D eigenvalue weighted by molar-refractivity contribution is 6.31. The van der Waals surface area contributed by atoms with Gasteiger partial charge in [0.15, 0.2) is 0 Å². The van der Waals surface area contributed by atoms with E-state index in [1.165, 1.54) is 5.56 Å². The zero-order chi connectivity index (χ0) is 16.6. The van der Waals surface area contributed by atoms with Gasteiger partial charge in [-0.15, -0.1) is 0 Å². The van der Waals surface area contributed by atoms with Gasteiger partial charge in [0.05, 0.1) is 5.54 Å². The van der Waals surface area contributed by atoms with Gasteiger partial charge in [0.1, 0.15) is 5.69 Å². The Kier molecular flexibility index (Phi) is 3.81. The molecule has 0 atom stereocenters. The van der Waals surface area contributed by atoms with Crippen molar-refractivity contribution in [2.24, 2.45) is 0 Å². The van der Waals surface area contributed by atoms with Crippen molar-refractivity contribution >= 4 is 28.4 Å². The molecule has 2 N–H and O–H groups in total. The fourth-order valence-corrected chi connectivity index (χ4v) is 3.91. The summed E-state index contributed by atoms with van der Waals surface area (Å²) in [7, 11) is 0. The molecule has 1 amide bonds. The molecule has 3 aromatic rings. The maximum atomic E-state index is 12.9. The van der Waals surface area contributed by atoms with Crippen LogP contribution in [0.2, 0.25) is 5.02 Å². The van der Waals surface area contributed by atoms with Gasteiger partial charge in [0, 0.05) is 15.9 Å². The van der Waals surface area contributed by atoms with Crippen LogP contribution in [0.25, 0.3) is 10.9 Å². The summed E-state index contributed by atoms with van der Waals surface area (Å²) in [6.45, 7) is 0. The fraction of sp³-hybridized carbons (Fsp3) is 0.250. The Labute approximate surface area is 146 Å². The zero-order valence-corrected chi connectivity index (χ0v) is 14.1. The van der Waals surface area contributed by atoms with E-state index in [0.29, 0.717) is 10.7 Å². The second-order valence-corrected chi connectivity index (χ2v) is 6.96. The Morgan fingerprint density at radius 1 is 1.04 bits per heavy atom. The van der Waals surface area contributed by atoms with Crippen molar-refractivity contribution in [3.05, 3.63) is 70.9 Å². The second-order valence-electron chi connectivity index (χ2n) is 6.52. The number of aromatic amines is 1. The maximum absolute atomic E-state index is 12.9. The number of halogens is 1. The van der Waals surface area contributed by atoms with Crippen LogP contribution in [0.5, 0.6) is 0 Å². The van der Waals surface area contributed by atoms with Gasteiger partial charge in [-0.25, -0.2) is 0 Å². The first kappa shape index (κ1) is 15.3. The minimum atomic E-state index is -0.257. The van der Waals surface area contributed by atoms with Crippen LogP contribution in [0.1, 0.15) is 41.7 Å². The Hall–Kier alpha value is -2.26. The molecule has 122 valence electrons. The first-order valence-electron chi connectivity index (χ1n) is 8.33. The highest BCUT2D eigenvalue weighted by Gasteiger charge is 2.37. The quantitative estimate of drug-likeness (QED) is 0.692. The molecule has 3 nitrogen and oxygen atoms in total. The zero-order valence-electron chi connectivity index (χ0n) is 13.3. The number of carbonyl (C=O) groups is 1. The molecule has 2 aromatic carbocycles. The monoisotopic (exact) mass is 338 g/mol. The summed E-state index contributed by atoms with van der Waals surface area (Å²) in [6.07, 6.45) is 4.23. The molecule has 0 spiro atoms. The molecule has 0 radical (unpaired) electrons. The summed E-state index contributed by atoms with van der Waals surface area (Å²) in [6, 6.07) is 17.7. The van der Waals surface area contributed by atoms with Gasteiger partial charge in [0.2, 0.25) is 0 Å². The van der Waals surface area contributed by atoms with Gasteiger partial charge in [-0.1, -0.05) is 54.8 Å². The van der Waals surface area contributed by atoms with Gasteiger partial charge in [-0.2, -0.15) is 0 Å². The van der Waals surface area contributed by atoms with Crippen molar-refractivity contribution in [3.8, 4) is 0 Å². The van der Waals surface area contributed by atoms with Gasteiger partial charge < -0.3 is 10.3 Å². The van der Waals surface area contributed by atoms with E-state index in [0.717, 1.165) is 36.6 Å². The van der Waals surface area contributed by atoms with E-state index in [1.807, 2.05) is 42.5 Å². The van der Waals surface area contributed by atoms with Crippen LogP contribution in [-0.2, 0) is 5.54 Å². The summed E-state index contributed by atoms with van der Waals surface area (Å²) >= 11 is 6.03. The summed E-state index contributed by atoms with van der Waals surface area (Å²) in [5, 5.41) is 4.92. The largest absolute Gasteiger partial charge is 0.351 e. The van der Waals surface area contributed by atoms with Gasteiger partial charge in [-0.3, -0.25) is 4.79 Å². The number of carbonyl (C=O) groups excluding carboxylic acids is 1. The number of fused-ring (bicyclic) bond motifs is 1. The Bertz CT molecular complexity index is 879. The molecule has 0 unspecified atom stereocenters. The molecule has 1 aromatic heterocycles. The Morgan fingerprint density at radius 3 is 2.54 bits per heavy atom. The molecule has 0 aliphatic heterocycles. The lowest BCUT2D eigenvalue weighted by Crippen LogP contribution is -2.43. The third kappa shape index (κ3) is 2.69. The highest BCUT2D eigenvalue weighted by atomic mass is 35.5. The molecule has 1 aliphatic carbocycles. The normalized spacial score (nSPS) is 16.4.